The fourth-order valence-corrected chi connectivity index (χ4v) is 2.24. The van der Waals surface area contributed by atoms with Gasteiger partial charge in [-0.1, -0.05) is 6.07 Å². The predicted octanol–water partition coefficient (Wildman–Crippen LogP) is 4.17. The summed E-state index contributed by atoms with van der Waals surface area (Å²) in [6.45, 7) is -0.352. The van der Waals surface area contributed by atoms with Crippen molar-refractivity contribution in [3.63, 3.8) is 0 Å². The monoisotopic (exact) mass is 368 g/mol. The topological polar surface area (TPSA) is 47.3 Å². The first-order valence-corrected chi connectivity index (χ1v) is 7.13. The number of aliphatic hydroxyl groups excluding tert-OH is 1. The van der Waals surface area contributed by atoms with E-state index in [1.165, 1.54) is 13.1 Å². The number of aliphatic hydroxyl groups is 1. The van der Waals surface area contributed by atoms with Crippen molar-refractivity contribution in [3.8, 4) is 11.6 Å². The van der Waals surface area contributed by atoms with Crippen molar-refractivity contribution in [2.75, 3.05) is 6.61 Å². The highest BCUT2D eigenvalue weighted by Crippen LogP contribution is 2.38. The van der Waals surface area contributed by atoms with Crippen molar-refractivity contribution in [2.45, 2.75) is 25.2 Å². The van der Waals surface area contributed by atoms with Gasteiger partial charge >= 0.3 is 12.4 Å². The number of hydrogen-bond donors (Lipinski definition) is 1. The fraction of sp³-hybridized carbons (Fsp3) is 0.400. The molecular weight excluding hydrogens is 354 g/mol. The van der Waals surface area contributed by atoms with Crippen molar-refractivity contribution in [1.82, 2.24) is 9.78 Å². The molecule has 0 unspecified atom stereocenters. The number of nitrogens with zero attached hydrogens (tertiary/aromatic N) is 2. The van der Waals surface area contributed by atoms with E-state index < -0.39 is 23.6 Å². The van der Waals surface area contributed by atoms with Gasteiger partial charge < -0.3 is 9.84 Å². The molecule has 1 aromatic heterocycles. The third-order valence-electron chi connectivity index (χ3n) is 3.32. The number of ether oxygens (including phenoxy) is 1. The van der Waals surface area contributed by atoms with Gasteiger partial charge in [0.05, 0.1) is 5.56 Å². The normalized spacial score (nSPS) is 12.5. The van der Waals surface area contributed by atoms with Crippen LogP contribution in [-0.4, -0.2) is 21.5 Å². The molecule has 4 nitrogen and oxygen atoms in total. The van der Waals surface area contributed by atoms with E-state index in [2.05, 4.69) is 5.10 Å². The summed E-state index contributed by atoms with van der Waals surface area (Å²) < 4.78 is 83.6. The van der Waals surface area contributed by atoms with Gasteiger partial charge in [0, 0.05) is 19.2 Å². The number of aryl methyl sites for hydroxylation is 1. The van der Waals surface area contributed by atoms with E-state index in [0.29, 0.717) is 6.07 Å². The maximum Gasteiger partial charge on any atom is 0.435 e. The lowest BCUT2D eigenvalue weighted by molar-refractivity contribution is -0.142. The Morgan fingerprint density at radius 3 is 2.36 bits per heavy atom. The Morgan fingerprint density at radius 2 is 1.80 bits per heavy atom. The number of benzene rings is 1. The van der Waals surface area contributed by atoms with Crippen LogP contribution in [0.25, 0.3) is 0 Å². The molecule has 0 radical (unpaired) electrons. The molecule has 2 rings (SSSR count). The zero-order chi connectivity index (χ0) is 18.8. The Morgan fingerprint density at radius 1 is 1.12 bits per heavy atom. The molecule has 1 heterocycles. The maximum atomic E-state index is 13.1. The first-order valence-electron chi connectivity index (χ1n) is 7.13. The van der Waals surface area contributed by atoms with E-state index in [1.807, 2.05) is 0 Å². The molecule has 0 amide bonds. The lowest BCUT2D eigenvalue weighted by atomic mass is 10.1. The smallest absolute Gasteiger partial charge is 0.435 e. The van der Waals surface area contributed by atoms with Gasteiger partial charge in [-0.25, -0.2) is 4.68 Å². The Labute approximate surface area is 138 Å². The van der Waals surface area contributed by atoms with Crippen LogP contribution in [0.1, 0.15) is 23.2 Å². The number of halogens is 6. The van der Waals surface area contributed by atoms with E-state index in [-0.39, 0.29) is 36.6 Å². The summed E-state index contributed by atoms with van der Waals surface area (Å²) in [4.78, 5) is 0. The van der Waals surface area contributed by atoms with Crippen LogP contribution in [-0.2, 0) is 25.8 Å². The highest BCUT2D eigenvalue weighted by Gasteiger charge is 2.39. The van der Waals surface area contributed by atoms with Gasteiger partial charge in [-0.15, -0.1) is 0 Å². The van der Waals surface area contributed by atoms with Gasteiger partial charge in [-0.3, -0.25) is 0 Å². The highest BCUT2D eigenvalue weighted by atomic mass is 19.4. The lowest BCUT2D eigenvalue weighted by Crippen LogP contribution is -2.10. The molecule has 0 aliphatic heterocycles. The first kappa shape index (κ1) is 19.1. The van der Waals surface area contributed by atoms with Gasteiger partial charge in [-0.05, 0) is 31.0 Å². The summed E-state index contributed by atoms with van der Waals surface area (Å²) >= 11 is 0. The van der Waals surface area contributed by atoms with Crippen molar-refractivity contribution >= 4 is 0 Å². The second-order valence-corrected chi connectivity index (χ2v) is 5.21. The number of hydrogen-bond acceptors (Lipinski definition) is 3. The van der Waals surface area contributed by atoms with Gasteiger partial charge in [-0.2, -0.15) is 31.4 Å². The Balaban J connectivity index is 2.44. The molecule has 0 saturated heterocycles. The molecule has 1 aromatic carbocycles. The molecular formula is C15H14F6N2O2. The van der Waals surface area contributed by atoms with Crippen molar-refractivity contribution in [1.29, 1.82) is 0 Å². The highest BCUT2D eigenvalue weighted by molar-refractivity contribution is 5.39. The molecule has 0 saturated carbocycles. The van der Waals surface area contributed by atoms with Gasteiger partial charge in [0.2, 0.25) is 5.88 Å². The molecule has 0 aliphatic rings. The minimum absolute atomic E-state index is 0.0216. The third-order valence-corrected chi connectivity index (χ3v) is 3.32. The van der Waals surface area contributed by atoms with Crippen LogP contribution < -0.4 is 4.74 Å². The number of rotatable bonds is 5. The average molecular weight is 368 g/mol. The van der Waals surface area contributed by atoms with E-state index in [4.69, 9.17) is 9.84 Å². The second kappa shape index (κ2) is 6.95. The standard InChI is InChI=1S/C15H14F6N2O2/c1-23-13(11(6-3-7-24)12(22-23)15(19,20)21)25-10-5-2-4-9(8-10)14(16,17)18/h2,4-5,8,24H,3,6-7H2,1H3. The summed E-state index contributed by atoms with van der Waals surface area (Å²) in [5, 5.41) is 12.2. The van der Waals surface area contributed by atoms with Crippen molar-refractivity contribution < 1.29 is 36.2 Å². The van der Waals surface area contributed by atoms with E-state index in [0.717, 1.165) is 16.8 Å². The molecule has 10 heteroatoms. The largest absolute Gasteiger partial charge is 0.439 e. The van der Waals surface area contributed by atoms with Crippen LogP contribution in [0.4, 0.5) is 26.3 Å². The van der Waals surface area contributed by atoms with Gasteiger partial charge in [0.1, 0.15) is 5.75 Å². The molecule has 0 atom stereocenters. The summed E-state index contributed by atoms with van der Waals surface area (Å²) in [6, 6.07) is 3.80. The van der Waals surface area contributed by atoms with E-state index in [9.17, 15) is 26.3 Å². The minimum Gasteiger partial charge on any atom is -0.439 e. The van der Waals surface area contributed by atoms with Crippen LogP contribution in [0.3, 0.4) is 0 Å². The lowest BCUT2D eigenvalue weighted by Gasteiger charge is -2.12. The molecule has 1 N–H and O–H groups in total. The zero-order valence-corrected chi connectivity index (χ0v) is 12.9. The number of aromatic nitrogens is 2. The van der Waals surface area contributed by atoms with E-state index >= 15 is 0 Å². The van der Waals surface area contributed by atoms with Crippen LogP contribution in [0.2, 0.25) is 0 Å². The quantitative estimate of drug-likeness (QED) is 0.806. The second-order valence-electron chi connectivity index (χ2n) is 5.21. The van der Waals surface area contributed by atoms with Crippen LogP contribution in [0, 0.1) is 0 Å². The molecule has 0 spiro atoms. The van der Waals surface area contributed by atoms with Crippen LogP contribution >= 0.6 is 0 Å². The summed E-state index contributed by atoms with van der Waals surface area (Å²) in [5.41, 5.74) is -2.49. The van der Waals surface area contributed by atoms with Crippen molar-refractivity contribution in [2.24, 2.45) is 7.05 Å². The van der Waals surface area contributed by atoms with Crippen LogP contribution in [0.15, 0.2) is 24.3 Å². The molecule has 0 bridgehead atoms. The Kier molecular flexibility index (Phi) is 5.31. The maximum absolute atomic E-state index is 13.1. The number of alkyl halides is 6. The predicted molar refractivity (Wildman–Crippen MR) is 75.1 cm³/mol. The Bertz CT molecular complexity index is 737. The van der Waals surface area contributed by atoms with Crippen LogP contribution in [0.5, 0.6) is 11.6 Å². The SMILES string of the molecule is Cn1nc(C(F)(F)F)c(CCCO)c1Oc1cccc(C(F)(F)F)c1. The molecule has 25 heavy (non-hydrogen) atoms. The minimum atomic E-state index is -4.75. The molecule has 138 valence electrons. The Hall–Kier alpha value is -2.23. The van der Waals surface area contributed by atoms with Crippen molar-refractivity contribution in [3.05, 3.63) is 41.1 Å². The first-order chi connectivity index (χ1) is 11.5. The fourth-order valence-electron chi connectivity index (χ4n) is 2.24. The zero-order valence-electron chi connectivity index (χ0n) is 12.9. The van der Waals surface area contributed by atoms with E-state index in [1.54, 1.807) is 0 Å². The average Bonchev–Trinajstić information content (AvgIpc) is 2.81. The van der Waals surface area contributed by atoms with Gasteiger partial charge in [0.15, 0.2) is 5.69 Å². The van der Waals surface area contributed by atoms with Gasteiger partial charge in [0.25, 0.3) is 0 Å². The summed E-state index contributed by atoms with van der Waals surface area (Å²) in [7, 11) is 1.20. The summed E-state index contributed by atoms with van der Waals surface area (Å²) in [5.74, 6) is -0.586. The molecule has 0 fully saturated rings. The summed E-state index contributed by atoms with van der Waals surface area (Å²) in [6.07, 6.45) is -9.53. The molecule has 2 aromatic rings. The molecule has 0 aliphatic carbocycles. The third kappa shape index (κ3) is 4.44.